The van der Waals surface area contributed by atoms with Crippen LogP contribution in [0.2, 0.25) is 0 Å². The predicted octanol–water partition coefficient (Wildman–Crippen LogP) is 3.97. The Hall–Kier alpha value is -4.46. The van der Waals surface area contributed by atoms with Crippen molar-refractivity contribution in [2.75, 3.05) is 5.32 Å². The van der Waals surface area contributed by atoms with Crippen LogP contribution in [0.25, 0.3) is 5.82 Å². The lowest BCUT2D eigenvalue weighted by molar-refractivity contribution is 0.102. The molecule has 0 saturated heterocycles. The average molecular weight is 441 g/mol. The van der Waals surface area contributed by atoms with Gasteiger partial charge in [0.15, 0.2) is 11.7 Å². The zero-order valence-corrected chi connectivity index (χ0v) is 18.4. The summed E-state index contributed by atoms with van der Waals surface area (Å²) in [5.74, 6) is 0.712. The summed E-state index contributed by atoms with van der Waals surface area (Å²) in [5.41, 5.74) is 10.7. The van der Waals surface area contributed by atoms with Crippen molar-refractivity contribution < 1.29 is 9.63 Å². The third kappa shape index (κ3) is 5.43. The summed E-state index contributed by atoms with van der Waals surface area (Å²) in [7, 11) is 0. The second kappa shape index (κ2) is 9.78. The molecule has 4 rings (SSSR count). The standard InChI is InChI=1S/C25H24N6O2/c1-17-13-18(2)31(29-17)23-12-11-21(15-27-23)24(26)30-33-16-19-7-6-8-20(14-19)25(32)28-22-9-4-3-5-10-22/h3-15H,16H2,1-2H3,(H2,26,30)(H,28,32). The van der Waals surface area contributed by atoms with Crippen molar-refractivity contribution in [2.45, 2.75) is 20.5 Å². The summed E-state index contributed by atoms with van der Waals surface area (Å²) < 4.78 is 1.77. The summed E-state index contributed by atoms with van der Waals surface area (Å²) in [6, 6.07) is 22.1. The summed E-state index contributed by atoms with van der Waals surface area (Å²) in [6.07, 6.45) is 1.63. The van der Waals surface area contributed by atoms with Crippen molar-refractivity contribution >= 4 is 17.4 Å². The molecule has 0 radical (unpaired) electrons. The van der Waals surface area contributed by atoms with E-state index in [0.29, 0.717) is 16.9 Å². The molecular formula is C25H24N6O2. The van der Waals surface area contributed by atoms with Crippen LogP contribution in [0.4, 0.5) is 5.69 Å². The van der Waals surface area contributed by atoms with E-state index in [1.165, 1.54) is 0 Å². The monoisotopic (exact) mass is 440 g/mol. The normalized spacial score (nSPS) is 11.3. The number of nitrogens with two attached hydrogens (primary N) is 1. The van der Waals surface area contributed by atoms with Gasteiger partial charge in [0.25, 0.3) is 5.91 Å². The Morgan fingerprint density at radius 3 is 2.55 bits per heavy atom. The molecule has 0 bridgehead atoms. The largest absolute Gasteiger partial charge is 0.389 e. The van der Waals surface area contributed by atoms with Gasteiger partial charge < -0.3 is 15.9 Å². The maximum Gasteiger partial charge on any atom is 0.255 e. The molecule has 0 aliphatic rings. The number of aryl methyl sites for hydroxylation is 2. The van der Waals surface area contributed by atoms with E-state index in [2.05, 4.69) is 20.6 Å². The van der Waals surface area contributed by atoms with Crippen LogP contribution in [0, 0.1) is 13.8 Å². The SMILES string of the molecule is Cc1cc(C)n(-c2ccc(/C(N)=N/OCc3cccc(C(=O)Nc4ccccc4)c3)cn2)n1. The van der Waals surface area contributed by atoms with Crippen LogP contribution in [-0.4, -0.2) is 26.5 Å². The van der Waals surface area contributed by atoms with Crippen LogP contribution in [-0.2, 0) is 11.4 Å². The van der Waals surface area contributed by atoms with Crippen LogP contribution < -0.4 is 11.1 Å². The number of carbonyl (C=O) groups excluding carboxylic acids is 1. The molecule has 0 aliphatic carbocycles. The van der Waals surface area contributed by atoms with Crippen molar-refractivity contribution in [3.05, 3.63) is 107 Å². The highest BCUT2D eigenvalue weighted by atomic mass is 16.6. The predicted molar refractivity (Wildman–Crippen MR) is 127 cm³/mol. The van der Waals surface area contributed by atoms with Gasteiger partial charge in [0.05, 0.1) is 5.69 Å². The van der Waals surface area contributed by atoms with Crippen LogP contribution in [0.1, 0.15) is 32.9 Å². The van der Waals surface area contributed by atoms with Crippen molar-refractivity contribution in [2.24, 2.45) is 10.9 Å². The fraction of sp³-hybridized carbons (Fsp3) is 0.120. The number of amidine groups is 1. The molecule has 166 valence electrons. The van der Waals surface area contributed by atoms with E-state index < -0.39 is 0 Å². The molecule has 4 aromatic rings. The fourth-order valence-electron chi connectivity index (χ4n) is 3.28. The zero-order chi connectivity index (χ0) is 23.2. The summed E-state index contributed by atoms with van der Waals surface area (Å²) in [5, 5.41) is 11.3. The van der Waals surface area contributed by atoms with E-state index in [-0.39, 0.29) is 18.3 Å². The molecule has 33 heavy (non-hydrogen) atoms. The van der Waals surface area contributed by atoms with Crippen molar-refractivity contribution in [1.82, 2.24) is 14.8 Å². The Kier molecular flexibility index (Phi) is 6.45. The number of carbonyl (C=O) groups is 1. The Morgan fingerprint density at radius 1 is 1.03 bits per heavy atom. The minimum absolute atomic E-state index is 0.171. The number of hydrogen-bond donors (Lipinski definition) is 2. The number of nitrogens with zero attached hydrogens (tertiary/aromatic N) is 4. The zero-order valence-electron chi connectivity index (χ0n) is 18.4. The van der Waals surface area contributed by atoms with Gasteiger partial charge in [-0.3, -0.25) is 4.79 Å². The van der Waals surface area contributed by atoms with Crippen molar-refractivity contribution in [3.8, 4) is 5.82 Å². The maximum absolute atomic E-state index is 12.5. The Morgan fingerprint density at radius 2 is 1.85 bits per heavy atom. The molecule has 0 aliphatic heterocycles. The number of aromatic nitrogens is 3. The van der Waals surface area contributed by atoms with E-state index in [1.54, 1.807) is 29.1 Å². The van der Waals surface area contributed by atoms with Crippen LogP contribution in [0.5, 0.6) is 0 Å². The molecule has 3 N–H and O–H groups in total. The molecule has 0 saturated carbocycles. The second-order valence-electron chi connectivity index (χ2n) is 7.51. The molecule has 2 heterocycles. The molecule has 2 aromatic heterocycles. The minimum Gasteiger partial charge on any atom is -0.389 e. The van der Waals surface area contributed by atoms with Gasteiger partial charge in [0.2, 0.25) is 0 Å². The number of anilines is 1. The first-order valence-corrected chi connectivity index (χ1v) is 10.4. The van der Waals surface area contributed by atoms with Gasteiger partial charge in [0, 0.05) is 28.7 Å². The first-order valence-electron chi connectivity index (χ1n) is 10.4. The van der Waals surface area contributed by atoms with Crippen molar-refractivity contribution in [1.29, 1.82) is 0 Å². The van der Waals surface area contributed by atoms with E-state index in [9.17, 15) is 4.79 Å². The third-order valence-electron chi connectivity index (χ3n) is 4.89. The second-order valence-corrected chi connectivity index (χ2v) is 7.51. The number of para-hydroxylation sites is 1. The van der Waals surface area contributed by atoms with Crippen LogP contribution in [0.15, 0.2) is 84.1 Å². The summed E-state index contributed by atoms with van der Waals surface area (Å²) >= 11 is 0. The number of hydrogen-bond acceptors (Lipinski definition) is 5. The van der Waals surface area contributed by atoms with Gasteiger partial charge in [0.1, 0.15) is 6.61 Å². The number of rotatable bonds is 7. The van der Waals surface area contributed by atoms with E-state index in [1.807, 2.05) is 68.4 Å². The Balaban J connectivity index is 1.37. The number of amides is 1. The quantitative estimate of drug-likeness (QED) is 0.257. The van der Waals surface area contributed by atoms with E-state index in [4.69, 9.17) is 10.6 Å². The van der Waals surface area contributed by atoms with Crippen LogP contribution >= 0.6 is 0 Å². The minimum atomic E-state index is -0.195. The highest BCUT2D eigenvalue weighted by Crippen LogP contribution is 2.13. The summed E-state index contributed by atoms with van der Waals surface area (Å²) in [4.78, 5) is 22.3. The third-order valence-corrected chi connectivity index (χ3v) is 4.89. The molecule has 8 heteroatoms. The number of oxime groups is 1. The highest BCUT2D eigenvalue weighted by Gasteiger charge is 2.08. The lowest BCUT2D eigenvalue weighted by atomic mass is 10.1. The van der Waals surface area contributed by atoms with Gasteiger partial charge in [-0.1, -0.05) is 35.5 Å². The van der Waals surface area contributed by atoms with Gasteiger partial charge in [-0.2, -0.15) is 5.10 Å². The highest BCUT2D eigenvalue weighted by molar-refractivity contribution is 6.04. The average Bonchev–Trinajstić information content (AvgIpc) is 3.17. The molecule has 0 unspecified atom stereocenters. The first kappa shape index (κ1) is 21.8. The lowest BCUT2D eigenvalue weighted by Gasteiger charge is -2.07. The van der Waals surface area contributed by atoms with Crippen molar-refractivity contribution in [3.63, 3.8) is 0 Å². The first-order chi connectivity index (χ1) is 16.0. The smallest absolute Gasteiger partial charge is 0.255 e. The molecule has 0 spiro atoms. The lowest BCUT2D eigenvalue weighted by Crippen LogP contribution is -2.15. The maximum atomic E-state index is 12.5. The van der Waals surface area contributed by atoms with Gasteiger partial charge in [-0.25, -0.2) is 9.67 Å². The molecule has 0 atom stereocenters. The molecular weight excluding hydrogens is 416 g/mol. The number of nitrogens with one attached hydrogen (secondary N) is 1. The molecule has 1 amide bonds. The fourth-order valence-corrected chi connectivity index (χ4v) is 3.28. The number of benzene rings is 2. The molecule has 0 fully saturated rings. The molecule has 8 nitrogen and oxygen atoms in total. The van der Waals surface area contributed by atoms with Gasteiger partial charge in [-0.05, 0) is 61.9 Å². The number of pyridine rings is 1. The topological polar surface area (TPSA) is 107 Å². The van der Waals surface area contributed by atoms with Gasteiger partial charge in [-0.15, -0.1) is 0 Å². The Labute approximate surface area is 191 Å². The van der Waals surface area contributed by atoms with Crippen LogP contribution in [0.3, 0.4) is 0 Å². The van der Waals surface area contributed by atoms with Gasteiger partial charge >= 0.3 is 0 Å². The molecule has 2 aromatic carbocycles. The van der Waals surface area contributed by atoms with E-state index in [0.717, 1.165) is 22.6 Å². The summed E-state index contributed by atoms with van der Waals surface area (Å²) in [6.45, 7) is 4.08. The van der Waals surface area contributed by atoms with E-state index >= 15 is 0 Å². The Bertz CT molecular complexity index is 1280.